The van der Waals surface area contributed by atoms with Crippen LogP contribution in [0, 0.1) is 0 Å². The van der Waals surface area contributed by atoms with E-state index in [-0.39, 0.29) is 0 Å². The van der Waals surface area contributed by atoms with Crippen LogP contribution < -0.4 is 15.6 Å². The van der Waals surface area contributed by atoms with Crippen molar-refractivity contribution in [3.8, 4) is 56.4 Å². The lowest BCUT2D eigenvalue weighted by atomic mass is 9.98. The maximum absolute atomic E-state index is 5.08. The average Bonchev–Trinajstić information content (AvgIpc) is 3.07. The molecule has 6 aromatic rings. The van der Waals surface area contributed by atoms with Crippen LogP contribution in [0.5, 0.6) is 0 Å². The summed E-state index contributed by atoms with van der Waals surface area (Å²) in [7, 11) is -4.20. The molecule has 0 aliphatic heterocycles. The van der Waals surface area contributed by atoms with E-state index in [9.17, 15) is 0 Å². The normalized spacial score (nSPS) is 12.3. The molecule has 48 heavy (non-hydrogen) atoms. The largest absolute Gasteiger partial charge is 0.208 e. The molecule has 6 heteroatoms. The van der Waals surface area contributed by atoms with Crippen LogP contribution in [0.25, 0.3) is 56.4 Å². The first-order valence-electron chi connectivity index (χ1n) is 16.9. The monoisotopic (exact) mass is 677 g/mol. The van der Waals surface area contributed by atoms with Gasteiger partial charge in [0.2, 0.25) is 0 Å². The Morgan fingerprint density at radius 3 is 0.917 bits per heavy atom. The molecular weight excluding hydrogens is 631 g/mol. The van der Waals surface area contributed by atoms with Gasteiger partial charge in [-0.3, -0.25) is 0 Å². The third-order valence-electron chi connectivity index (χ3n) is 9.05. The number of hydrogen-bond donors (Lipinski definition) is 0. The zero-order valence-corrected chi connectivity index (χ0v) is 32.9. The summed E-state index contributed by atoms with van der Waals surface area (Å²) in [6.45, 7) is 21.4. The van der Waals surface area contributed by atoms with Crippen molar-refractivity contribution in [1.29, 1.82) is 0 Å². The molecule has 1 aromatic heterocycles. The van der Waals surface area contributed by atoms with Crippen LogP contribution in [0.15, 0.2) is 121 Å². The summed E-state index contributed by atoms with van der Waals surface area (Å²) in [5, 5.41) is 4.32. The zero-order valence-electron chi connectivity index (χ0n) is 29.9. The zero-order chi connectivity index (χ0) is 34.3. The topological polar surface area (TPSA) is 38.7 Å². The van der Waals surface area contributed by atoms with Crippen molar-refractivity contribution >= 4 is 39.8 Å². The molecule has 242 valence electrons. The molecule has 0 aliphatic rings. The van der Waals surface area contributed by atoms with Gasteiger partial charge in [-0.15, -0.1) is 0 Å². The van der Waals surface area contributed by atoms with E-state index < -0.39 is 24.2 Å². The number of aromatic nitrogens is 3. The second kappa shape index (κ2) is 13.0. The Bertz CT molecular complexity index is 1970. The minimum Gasteiger partial charge on any atom is -0.208 e. The van der Waals surface area contributed by atoms with Crippen molar-refractivity contribution in [2.24, 2.45) is 0 Å². The average molecular weight is 678 g/mol. The predicted octanol–water partition coefficient (Wildman–Crippen LogP) is 9.84. The maximum Gasteiger partial charge on any atom is 0.164 e. The molecule has 3 nitrogen and oxygen atoms in total. The minimum atomic E-state index is -1.43. The van der Waals surface area contributed by atoms with Crippen molar-refractivity contribution in [2.75, 3.05) is 0 Å². The fraction of sp³-hybridized carbons (Fsp3) is 0.214. The van der Waals surface area contributed by atoms with E-state index in [2.05, 4.69) is 180 Å². The van der Waals surface area contributed by atoms with E-state index in [1.807, 2.05) is 0 Å². The summed E-state index contributed by atoms with van der Waals surface area (Å²) >= 11 is 0. The van der Waals surface area contributed by atoms with Gasteiger partial charge in [-0.25, -0.2) is 15.0 Å². The van der Waals surface area contributed by atoms with Crippen LogP contribution in [0.1, 0.15) is 0 Å². The molecule has 0 amide bonds. The quantitative estimate of drug-likeness (QED) is 0.151. The van der Waals surface area contributed by atoms with Crippen molar-refractivity contribution in [3.05, 3.63) is 121 Å². The highest BCUT2D eigenvalue weighted by molar-refractivity contribution is 6.89. The summed E-state index contributed by atoms with van der Waals surface area (Å²) in [6.07, 6.45) is 0. The number of hydrogen-bond acceptors (Lipinski definition) is 3. The molecule has 0 atom stereocenters. The highest BCUT2D eigenvalue weighted by atomic mass is 28.3. The van der Waals surface area contributed by atoms with Crippen LogP contribution in [0.3, 0.4) is 0 Å². The van der Waals surface area contributed by atoms with Gasteiger partial charge in [0.05, 0.1) is 24.2 Å². The Kier molecular flexibility index (Phi) is 9.11. The standard InChI is InChI=1S/C42H47N3Si3/c1-46(2,3)37-22-16-30(17-23-37)33-12-10-13-34(28-33)35-14-11-15-36(29-35)42-44-40(31-18-24-38(25-19-31)47(4,5)6)43-41(45-42)32-20-26-39(27-21-32)48(7,8)9/h10-29H,1-9H3. The molecule has 0 aliphatic carbocycles. The van der Waals surface area contributed by atoms with E-state index in [4.69, 9.17) is 15.0 Å². The molecule has 0 saturated heterocycles. The van der Waals surface area contributed by atoms with Gasteiger partial charge in [-0.1, -0.05) is 184 Å². The molecule has 0 radical (unpaired) electrons. The second-order valence-corrected chi connectivity index (χ2v) is 31.2. The fourth-order valence-corrected chi connectivity index (χ4v) is 9.38. The summed E-state index contributed by atoms with van der Waals surface area (Å²) < 4.78 is 0. The minimum absolute atomic E-state index is 0.679. The lowest BCUT2D eigenvalue weighted by molar-refractivity contribution is 1.07. The van der Waals surface area contributed by atoms with Gasteiger partial charge < -0.3 is 0 Å². The lowest BCUT2D eigenvalue weighted by Gasteiger charge is -2.17. The van der Waals surface area contributed by atoms with Gasteiger partial charge in [0.25, 0.3) is 0 Å². The summed E-state index contributed by atoms with van der Waals surface area (Å²) in [5.41, 5.74) is 7.74. The smallest absolute Gasteiger partial charge is 0.164 e. The third kappa shape index (κ3) is 7.57. The predicted molar refractivity (Wildman–Crippen MR) is 216 cm³/mol. The first-order chi connectivity index (χ1) is 22.6. The van der Waals surface area contributed by atoms with E-state index in [0.29, 0.717) is 17.5 Å². The number of rotatable bonds is 8. The Morgan fingerprint density at radius 2 is 0.562 bits per heavy atom. The number of benzene rings is 5. The van der Waals surface area contributed by atoms with Crippen LogP contribution in [-0.4, -0.2) is 39.2 Å². The van der Waals surface area contributed by atoms with E-state index in [0.717, 1.165) is 22.3 Å². The molecule has 0 bridgehead atoms. The Balaban J connectivity index is 1.41. The van der Waals surface area contributed by atoms with Gasteiger partial charge in [0, 0.05) is 16.7 Å². The highest BCUT2D eigenvalue weighted by Gasteiger charge is 2.20. The van der Waals surface area contributed by atoms with Gasteiger partial charge in [-0.2, -0.15) is 0 Å². The summed E-state index contributed by atoms with van der Waals surface area (Å²) in [5.74, 6) is 2.07. The summed E-state index contributed by atoms with van der Waals surface area (Å²) in [6, 6.07) is 44.2. The van der Waals surface area contributed by atoms with Crippen molar-refractivity contribution in [2.45, 2.75) is 58.9 Å². The molecule has 0 N–H and O–H groups in total. The van der Waals surface area contributed by atoms with Gasteiger partial charge in [0.15, 0.2) is 17.5 Å². The van der Waals surface area contributed by atoms with Crippen LogP contribution in [0.2, 0.25) is 58.9 Å². The summed E-state index contributed by atoms with van der Waals surface area (Å²) in [4.78, 5) is 15.2. The lowest BCUT2D eigenvalue weighted by Crippen LogP contribution is -2.37. The van der Waals surface area contributed by atoms with Crippen LogP contribution in [-0.2, 0) is 0 Å². The molecule has 0 unspecified atom stereocenters. The molecule has 6 rings (SSSR count). The Morgan fingerprint density at radius 1 is 0.292 bits per heavy atom. The molecule has 1 heterocycles. The SMILES string of the molecule is C[Si](C)(C)c1ccc(-c2cccc(-c3cccc(-c4nc(-c5ccc([Si](C)(C)C)cc5)nc(-c5ccc([Si](C)(C)C)cc5)n4)c3)c2)cc1. The van der Waals surface area contributed by atoms with Crippen LogP contribution in [0.4, 0.5) is 0 Å². The molecule has 0 fully saturated rings. The molecule has 0 spiro atoms. The van der Waals surface area contributed by atoms with Crippen molar-refractivity contribution in [3.63, 3.8) is 0 Å². The first-order valence-corrected chi connectivity index (χ1v) is 27.4. The Hall–Kier alpha value is -4.24. The second-order valence-electron chi connectivity index (χ2n) is 15.9. The fourth-order valence-electron chi connectivity index (χ4n) is 5.88. The van der Waals surface area contributed by atoms with Gasteiger partial charge in [0.1, 0.15) is 0 Å². The van der Waals surface area contributed by atoms with Crippen molar-refractivity contribution < 1.29 is 0 Å². The van der Waals surface area contributed by atoms with E-state index in [1.54, 1.807) is 0 Å². The maximum atomic E-state index is 5.08. The van der Waals surface area contributed by atoms with Crippen LogP contribution >= 0.6 is 0 Å². The molecule has 5 aromatic carbocycles. The molecule has 0 saturated carbocycles. The van der Waals surface area contributed by atoms with E-state index in [1.165, 1.54) is 32.3 Å². The number of nitrogens with zero attached hydrogens (tertiary/aromatic N) is 3. The van der Waals surface area contributed by atoms with Crippen molar-refractivity contribution in [1.82, 2.24) is 15.0 Å². The highest BCUT2D eigenvalue weighted by Crippen LogP contribution is 2.30. The van der Waals surface area contributed by atoms with Gasteiger partial charge in [-0.05, 0) is 34.4 Å². The molecular formula is C42H47N3Si3. The third-order valence-corrected chi connectivity index (χ3v) is 15.3. The first kappa shape index (κ1) is 33.7. The Labute approximate surface area is 290 Å². The van der Waals surface area contributed by atoms with E-state index >= 15 is 0 Å². The van der Waals surface area contributed by atoms with Gasteiger partial charge >= 0.3 is 0 Å².